The first-order chi connectivity index (χ1) is 70.4. The Bertz CT molecular complexity index is 8150. The Balaban J connectivity index is 0.000000140. The number of carbonyl (C=O) groups is 3. The molecule has 21 rings (SSSR count). The molecule has 3 fully saturated rings. The molecule has 39 heteroatoms. The summed E-state index contributed by atoms with van der Waals surface area (Å²) < 4.78 is 130. The lowest BCUT2D eigenvalue weighted by molar-refractivity contribution is -0.129. The molecule has 6 aliphatic heterocycles. The number of nitrogens with zero attached hydrogens (tertiary/aromatic N) is 16. The van der Waals surface area contributed by atoms with Gasteiger partial charge in [-0.25, -0.2) is 70.6 Å². The van der Waals surface area contributed by atoms with Crippen molar-refractivity contribution in [1.29, 1.82) is 0 Å². The maximum absolute atomic E-state index is 17.8. The Kier molecular flexibility index (Phi) is 25.9. The summed E-state index contributed by atoms with van der Waals surface area (Å²) in [7, 11) is 1.78. The number of nitrogens with one attached hydrogen (secondary N) is 4. The minimum absolute atomic E-state index is 0.00125. The molecule has 9 aromatic heterocycles. The molecule has 768 valence electrons. The van der Waals surface area contributed by atoms with Gasteiger partial charge in [-0.3, -0.25) is 57.4 Å². The Morgan fingerprint density at radius 1 is 0.385 bits per heavy atom. The highest BCUT2D eigenvalue weighted by Gasteiger charge is 2.48. The minimum Gasteiger partial charge on any atom is -0.484 e. The highest BCUT2D eigenvalue weighted by molar-refractivity contribution is 6.08. The lowest BCUT2D eigenvalue weighted by Crippen LogP contribution is -2.64. The number of hydrogen-bond donors (Lipinski definition) is 4. The van der Waals surface area contributed by atoms with E-state index >= 15 is 31.1 Å². The van der Waals surface area contributed by atoms with Gasteiger partial charge in [-0.15, -0.1) is 0 Å². The molecule has 6 aromatic carbocycles. The first-order valence-corrected chi connectivity index (χ1v) is 49.3. The molecule has 0 spiro atoms. The van der Waals surface area contributed by atoms with Crippen molar-refractivity contribution in [1.82, 2.24) is 73.3 Å². The van der Waals surface area contributed by atoms with Crippen LogP contribution >= 0.6 is 0 Å². The number of hydrogen-bond acceptors (Lipinski definition) is 24. The van der Waals surface area contributed by atoms with Crippen LogP contribution in [-0.2, 0) is 14.4 Å². The average Bonchev–Trinajstić information content (AvgIpc) is 0.779. The smallest absolute Gasteiger partial charge is 0.417 e. The van der Waals surface area contributed by atoms with E-state index < -0.39 is 91.6 Å². The number of likely N-dealkylation sites (N-methyl/N-ethyl adjacent to an activating group) is 1. The SMILES string of the molecule is C=CC(=O)N1CC2CN(C)c3c(c4cc(F)c(-c5c(C)ccc6[nH]c(=O)oc56)c(F)c4n(-c4c(C(C)C)ncnc4C(C)C)c3=O)N2CC1C.C=CC(=O)N1CC2CNc3c(c4cc(F)c(-c5c(C)ccc6[nH]c(=O)oc56)c(F)c4n(-c4c(C(C)C)ncnc4C(C)C)c3=O)N2CC1C.C=CC(=O)N1CC2COc3c(c4cc(F)c(-c5c(C)ccc6[nH]c(=O)oc56)c(F)c4n(-c4c(C(C)C)ncnc4C(C)C)c3=O)N2CC1C. The zero-order chi connectivity index (χ0) is 106. The second-order valence-corrected chi connectivity index (χ2v) is 40.8. The van der Waals surface area contributed by atoms with E-state index in [-0.39, 0.29) is 209 Å². The van der Waals surface area contributed by atoms with Crippen molar-refractivity contribution in [2.24, 2.45) is 0 Å². The van der Waals surface area contributed by atoms with Crippen LogP contribution in [0.25, 0.3) is 116 Å². The van der Waals surface area contributed by atoms with Gasteiger partial charge < -0.3 is 57.6 Å². The number of rotatable bonds is 15. The number of halogens is 6. The van der Waals surface area contributed by atoms with Gasteiger partial charge in [0, 0.05) is 110 Å². The third-order valence-electron chi connectivity index (χ3n) is 29.2. The van der Waals surface area contributed by atoms with Crippen molar-refractivity contribution in [2.45, 2.75) is 196 Å². The van der Waals surface area contributed by atoms with Crippen LogP contribution in [0.4, 0.5) is 54.8 Å². The number of aromatic nitrogens is 12. The Labute approximate surface area is 843 Å². The molecule has 3 amide bonds. The van der Waals surface area contributed by atoms with E-state index in [9.17, 15) is 38.4 Å². The van der Waals surface area contributed by atoms with Gasteiger partial charge in [-0.2, -0.15) is 0 Å². The van der Waals surface area contributed by atoms with Gasteiger partial charge in [0.15, 0.2) is 34.2 Å². The number of aromatic amines is 3. The molecule has 0 saturated carbocycles. The van der Waals surface area contributed by atoms with E-state index in [1.807, 2.05) is 119 Å². The van der Waals surface area contributed by atoms with Crippen LogP contribution in [0.15, 0.2) is 154 Å². The van der Waals surface area contributed by atoms with E-state index in [0.29, 0.717) is 119 Å². The van der Waals surface area contributed by atoms with Crippen LogP contribution in [0.5, 0.6) is 5.75 Å². The monoisotopic (exact) mass is 2020 g/mol. The number of amides is 3. The fraction of sp³-hybridized carbons (Fsp3) is 0.367. The fourth-order valence-corrected chi connectivity index (χ4v) is 22.4. The maximum atomic E-state index is 17.8. The van der Waals surface area contributed by atoms with Crippen LogP contribution < -0.4 is 63.6 Å². The molecule has 6 atom stereocenters. The Morgan fingerprint density at radius 2 is 0.696 bits per heavy atom. The van der Waals surface area contributed by atoms with Crippen LogP contribution in [0.2, 0.25) is 0 Å². The number of oxazole rings is 3. The van der Waals surface area contributed by atoms with Crippen LogP contribution in [0, 0.1) is 55.7 Å². The van der Waals surface area contributed by atoms with E-state index in [4.69, 9.17) is 18.0 Å². The largest absolute Gasteiger partial charge is 0.484 e. The van der Waals surface area contributed by atoms with Gasteiger partial charge >= 0.3 is 17.3 Å². The number of H-pyrrole nitrogens is 3. The minimum atomic E-state index is -1.03. The molecule has 0 aliphatic carbocycles. The zero-order valence-corrected chi connectivity index (χ0v) is 85.3. The standard InChI is InChI=1S/C37H39F2N7O4.C36H37F2N7O4.C36H36F2N6O5/c1-9-25(47)44-15-21-14-43(8)34-32(45(21)13-20(44)7)22-12-23(38)27(26-19(6)10-11-24-35(26)50-37(49)42-24)28(39)31(22)46(36(34)48)33-29(17(2)3)40-16-41-30(33)18(4)5;1-8-24(46)43-14-20-12-39-30-32(44(20)13-19(43)7)21-11-22(37)26(25-18(6)9-10-23-34(25)49-36(48)42-23)27(38)31(21)45(35(30)47)33-28(16(2)3)40-15-41-29(33)17(4)5;1-8-24(45)42-13-20-14-48-34-31(43(20)12-19(42)7)21-11-22(37)26(25-18(6)9-10-23-33(25)49-36(47)41-23)27(38)30(21)44(35(34)46)32-28(16(2)3)39-15-40-29(32)17(4)5/h9-12,16-18,20-21H,1,13-15H2,2-8H3,(H,42,49);8-11,15-17,19-20,39H,1,12-14H2,2-7H3,(H,42,48);8-11,15-17,19-20H,1,12-14H2,2-7H3,(H,41,47). The molecule has 0 bridgehead atoms. The van der Waals surface area contributed by atoms with Gasteiger partial charge in [0.1, 0.15) is 54.4 Å². The van der Waals surface area contributed by atoms with Crippen LogP contribution in [0.3, 0.4) is 0 Å². The van der Waals surface area contributed by atoms with E-state index in [1.165, 1.54) is 69.1 Å². The van der Waals surface area contributed by atoms with Gasteiger partial charge in [0.25, 0.3) is 16.7 Å². The Hall–Kier alpha value is -16.0. The summed E-state index contributed by atoms with van der Waals surface area (Å²) in [6, 6.07) is 11.6. The molecule has 4 N–H and O–H groups in total. The molecule has 15 heterocycles. The summed E-state index contributed by atoms with van der Waals surface area (Å²) in [5.41, 5.74) is 4.39. The van der Waals surface area contributed by atoms with Gasteiger partial charge in [-0.1, -0.05) is 121 Å². The molecule has 0 radical (unpaired) electrons. The second kappa shape index (κ2) is 38.1. The number of pyridine rings is 3. The molecule has 6 aliphatic rings. The second-order valence-electron chi connectivity index (χ2n) is 40.8. The number of fused-ring (bicyclic) bond motifs is 18. The predicted octanol–water partition coefficient (Wildman–Crippen LogP) is 17.2. The summed E-state index contributed by atoms with van der Waals surface area (Å²) >= 11 is 0. The molecule has 6 unspecified atom stereocenters. The number of anilines is 5. The third kappa shape index (κ3) is 16.2. The molecular weight excluding hydrogens is 1910 g/mol. The third-order valence-corrected chi connectivity index (χ3v) is 29.2. The zero-order valence-electron chi connectivity index (χ0n) is 85.3. The highest BCUT2D eigenvalue weighted by atomic mass is 19.2. The topological polar surface area (TPSA) is 376 Å². The summed E-state index contributed by atoms with van der Waals surface area (Å²) in [4.78, 5) is 168. The molecular formula is C109H112F6N20O13. The van der Waals surface area contributed by atoms with Crippen molar-refractivity contribution < 1.29 is 58.7 Å². The lowest BCUT2D eigenvalue weighted by Gasteiger charge is -2.51. The van der Waals surface area contributed by atoms with Gasteiger partial charge in [0.2, 0.25) is 23.5 Å². The number of carbonyl (C=O) groups excluding carboxylic acids is 3. The van der Waals surface area contributed by atoms with Crippen LogP contribution in [0.1, 0.15) is 190 Å². The van der Waals surface area contributed by atoms with Gasteiger partial charge in [0.05, 0.1) is 136 Å². The molecule has 33 nitrogen and oxygen atoms in total. The number of aryl methyl sites for hydroxylation is 3. The molecule has 3 saturated heterocycles. The Morgan fingerprint density at radius 3 is 1.05 bits per heavy atom. The quantitative estimate of drug-likeness (QED) is 0.0547. The van der Waals surface area contributed by atoms with Gasteiger partial charge in [-0.05, 0) is 148 Å². The maximum Gasteiger partial charge on any atom is 0.417 e. The first kappa shape index (κ1) is 101. The number of benzene rings is 6. The summed E-state index contributed by atoms with van der Waals surface area (Å²) in [5.74, 6) is -9.92. The van der Waals surface area contributed by atoms with Crippen molar-refractivity contribution >= 4 is 112 Å². The molecule has 148 heavy (non-hydrogen) atoms. The van der Waals surface area contributed by atoms with Crippen molar-refractivity contribution in [3.8, 4) is 56.2 Å². The summed E-state index contributed by atoms with van der Waals surface area (Å²) in [5, 5.41) is 3.71. The lowest BCUT2D eigenvalue weighted by atomic mass is 9.93. The summed E-state index contributed by atoms with van der Waals surface area (Å²) in [6.45, 7) is 47.3. The van der Waals surface area contributed by atoms with E-state index in [0.717, 1.165) is 0 Å². The first-order valence-electron chi connectivity index (χ1n) is 49.3. The van der Waals surface area contributed by atoms with Crippen molar-refractivity contribution in [3.05, 3.63) is 260 Å². The number of ether oxygens (including phenoxy) is 1. The average molecular weight is 2020 g/mol. The fourth-order valence-electron chi connectivity index (χ4n) is 22.4. The molecule has 15 aromatic rings. The number of piperazine rings is 3. The van der Waals surface area contributed by atoms with E-state index in [1.54, 1.807) is 83.8 Å². The summed E-state index contributed by atoms with van der Waals surface area (Å²) in [6.07, 6.45) is 8.11. The van der Waals surface area contributed by atoms with Crippen molar-refractivity contribution in [2.75, 3.05) is 90.9 Å². The predicted molar refractivity (Wildman–Crippen MR) is 556 cm³/mol. The van der Waals surface area contributed by atoms with Crippen LogP contribution in [-0.4, -0.2) is 193 Å². The highest BCUT2D eigenvalue weighted by Crippen LogP contribution is 2.52. The normalized spacial score (nSPS) is 17.5. The van der Waals surface area contributed by atoms with E-state index in [2.05, 4.69) is 69.9 Å². The van der Waals surface area contributed by atoms with Crippen molar-refractivity contribution in [3.63, 3.8) is 0 Å².